The number of methoxy groups -OCH3 is 2. The molecule has 0 aliphatic carbocycles. The Kier molecular flexibility index (Phi) is 4.12. The summed E-state index contributed by atoms with van der Waals surface area (Å²) < 4.78 is 10.2. The number of Topliss-reactive ketones (excluding diaryl/α,β-unsaturated/α-hetero) is 1. The van der Waals surface area contributed by atoms with Gasteiger partial charge in [0.05, 0.1) is 19.8 Å². The fourth-order valence-electron chi connectivity index (χ4n) is 1.37. The Morgan fingerprint density at radius 1 is 1.33 bits per heavy atom. The predicted octanol–water partition coefficient (Wildman–Crippen LogP) is 1.24. The van der Waals surface area contributed by atoms with Crippen molar-refractivity contribution in [2.24, 2.45) is 5.73 Å². The molecule has 15 heavy (non-hydrogen) atoms. The summed E-state index contributed by atoms with van der Waals surface area (Å²) in [6, 6.07) is 5.21. The first-order chi connectivity index (χ1) is 7.24. The molecule has 4 heteroatoms. The third-order valence-corrected chi connectivity index (χ3v) is 2.07. The molecule has 1 rings (SSSR count). The lowest BCUT2D eigenvalue weighted by molar-refractivity contribution is 0.0982. The van der Waals surface area contributed by atoms with Crippen LogP contribution in [0.5, 0.6) is 11.5 Å². The molecule has 0 bridgehead atoms. The normalized spacial score (nSPS) is 9.80. The maximum atomic E-state index is 11.7. The van der Waals surface area contributed by atoms with Crippen molar-refractivity contribution < 1.29 is 14.3 Å². The lowest BCUT2D eigenvalue weighted by atomic mass is 10.1. The van der Waals surface area contributed by atoms with E-state index in [-0.39, 0.29) is 5.78 Å². The van der Waals surface area contributed by atoms with E-state index in [0.717, 1.165) is 0 Å². The zero-order valence-electron chi connectivity index (χ0n) is 8.95. The van der Waals surface area contributed by atoms with Crippen molar-refractivity contribution in [2.75, 3.05) is 20.8 Å². The summed E-state index contributed by atoms with van der Waals surface area (Å²) >= 11 is 0. The van der Waals surface area contributed by atoms with Crippen molar-refractivity contribution >= 4 is 5.78 Å². The molecule has 1 aromatic rings. The Hall–Kier alpha value is -1.55. The Morgan fingerprint density at radius 2 is 2.07 bits per heavy atom. The molecule has 0 aromatic heterocycles. The third kappa shape index (κ3) is 2.47. The number of carbonyl (C=O) groups is 1. The van der Waals surface area contributed by atoms with Crippen molar-refractivity contribution in [3.8, 4) is 11.5 Å². The minimum atomic E-state index is -0.0340. The van der Waals surface area contributed by atoms with Crippen LogP contribution in [0.1, 0.15) is 16.8 Å². The molecule has 82 valence electrons. The summed E-state index contributed by atoms with van der Waals surface area (Å²) in [7, 11) is 3.05. The molecule has 1 aromatic carbocycles. The number of hydrogen-bond acceptors (Lipinski definition) is 4. The monoisotopic (exact) mass is 209 g/mol. The van der Waals surface area contributed by atoms with Gasteiger partial charge in [-0.1, -0.05) is 6.07 Å². The average molecular weight is 209 g/mol. The summed E-state index contributed by atoms with van der Waals surface area (Å²) in [6.45, 7) is 0.333. The predicted molar refractivity (Wildman–Crippen MR) is 57.5 cm³/mol. The van der Waals surface area contributed by atoms with Crippen molar-refractivity contribution in [1.29, 1.82) is 0 Å². The number of para-hydroxylation sites is 1. The van der Waals surface area contributed by atoms with Crippen LogP contribution in [0, 0.1) is 0 Å². The van der Waals surface area contributed by atoms with E-state index in [1.807, 2.05) is 0 Å². The number of rotatable bonds is 5. The molecule has 0 amide bonds. The van der Waals surface area contributed by atoms with Crippen LogP contribution < -0.4 is 15.2 Å². The van der Waals surface area contributed by atoms with E-state index in [1.165, 1.54) is 14.2 Å². The Balaban J connectivity index is 3.11. The highest BCUT2D eigenvalue weighted by atomic mass is 16.5. The molecule has 0 unspecified atom stereocenters. The number of ketones is 1. The highest BCUT2D eigenvalue weighted by Gasteiger charge is 2.15. The SMILES string of the molecule is COc1cccc(C(=O)CCN)c1OC. The topological polar surface area (TPSA) is 61.5 Å². The molecule has 0 aliphatic heterocycles. The number of benzene rings is 1. The molecular formula is C11H15NO3. The summed E-state index contributed by atoms with van der Waals surface area (Å²) in [6.07, 6.45) is 0.309. The number of ether oxygens (including phenoxy) is 2. The summed E-state index contributed by atoms with van der Waals surface area (Å²) in [5.41, 5.74) is 5.85. The van der Waals surface area contributed by atoms with E-state index in [0.29, 0.717) is 30.0 Å². The number of hydrogen-bond donors (Lipinski definition) is 1. The van der Waals surface area contributed by atoms with Crippen LogP contribution in [0.4, 0.5) is 0 Å². The van der Waals surface area contributed by atoms with Gasteiger partial charge in [0, 0.05) is 6.42 Å². The zero-order valence-corrected chi connectivity index (χ0v) is 8.95. The molecule has 0 radical (unpaired) electrons. The molecule has 0 aliphatic rings. The van der Waals surface area contributed by atoms with Gasteiger partial charge in [0.25, 0.3) is 0 Å². The average Bonchev–Trinajstić information content (AvgIpc) is 2.28. The molecule has 0 spiro atoms. The molecule has 0 atom stereocenters. The van der Waals surface area contributed by atoms with Gasteiger partial charge in [-0.2, -0.15) is 0 Å². The van der Waals surface area contributed by atoms with Gasteiger partial charge in [-0.15, -0.1) is 0 Å². The Labute approximate surface area is 89.0 Å². The second kappa shape index (κ2) is 5.36. The fraction of sp³-hybridized carbons (Fsp3) is 0.364. The van der Waals surface area contributed by atoms with Crippen LogP contribution in [-0.4, -0.2) is 26.5 Å². The van der Waals surface area contributed by atoms with Crippen LogP contribution in [0.3, 0.4) is 0 Å². The van der Waals surface area contributed by atoms with E-state index < -0.39 is 0 Å². The number of nitrogens with two attached hydrogens (primary N) is 1. The smallest absolute Gasteiger partial charge is 0.171 e. The van der Waals surface area contributed by atoms with Gasteiger partial charge < -0.3 is 15.2 Å². The van der Waals surface area contributed by atoms with Crippen LogP contribution in [-0.2, 0) is 0 Å². The number of carbonyl (C=O) groups excluding carboxylic acids is 1. The second-order valence-corrected chi connectivity index (χ2v) is 3.00. The molecular weight excluding hydrogens is 194 g/mol. The first-order valence-electron chi connectivity index (χ1n) is 4.68. The van der Waals surface area contributed by atoms with Gasteiger partial charge >= 0.3 is 0 Å². The minimum absolute atomic E-state index is 0.0340. The van der Waals surface area contributed by atoms with Crippen LogP contribution in [0.25, 0.3) is 0 Å². The zero-order chi connectivity index (χ0) is 11.3. The standard InChI is InChI=1S/C11H15NO3/c1-14-10-5-3-4-8(11(10)15-2)9(13)6-7-12/h3-5H,6-7,12H2,1-2H3. The van der Waals surface area contributed by atoms with Crippen LogP contribution >= 0.6 is 0 Å². The highest BCUT2D eigenvalue weighted by molar-refractivity contribution is 5.99. The maximum Gasteiger partial charge on any atom is 0.171 e. The van der Waals surface area contributed by atoms with Crippen molar-refractivity contribution in [3.05, 3.63) is 23.8 Å². The minimum Gasteiger partial charge on any atom is -0.493 e. The largest absolute Gasteiger partial charge is 0.493 e. The molecule has 0 heterocycles. The molecule has 2 N–H and O–H groups in total. The first-order valence-corrected chi connectivity index (χ1v) is 4.68. The Bertz CT molecular complexity index is 350. The summed E-state index contributed by atoms with van der Waals surface area (Å²) in [5.74, 6) is 0.993. The van der Waals surface area contributed by atoms with E-state index in [4.69, 9.17) is 15.2 Å². The van der Waals surface area contributed by atoms with Crippen molar-refractivity contribution in [1.82, 2.24) is 0 Å². The van der Waals surface area contributed by atoms with E-state index in [1.54, 1.807) is 18.2 Å². The summed E-state index contributed by atoms with van der Waals surface area (Å²) in [4.78, 5) is 11.7. The molecule has 0 fully saturated rings. The van der Waals surface area contributed by atoms with Gasteiger partial charge in [0.15, 0.2) is 17.3 Å². The second-order valence-electron chi connectivity index (χ2n) is 3.00. The van der Waals surface area contributed by atoms with E-state index >= 15 is 0 Å². The van der Waals surface area contributed by atoms with E-state index in [9.17, 15) is 4.79 Å². The van der Waals surface area contributed by atoms with Gasteiger partial charge in [-0.3, -0.25) is 4.79 Å². The molecule has 4 nitrogen and oxygen atoms in total. The third-order valence-electron chi connectivity index (χ3n) is 2.07. The van der Waals surface area contributed by atoms with Crippen LogP contribution in [0.15, 0.2) is 18.2 Å². The Morgan fingerprint density at radius 3 is 2.60 bits per heavy atom. The lowest BCUT2D eigenvalue weighted by Gasteiger charge is -2.11. The van der Waals surface area contributed by atoms with Crippen LogP contribution in [0.2, 0.25) is 0 Å². The van der Waals surface area contributed by atoms with Gasteiger partial charge in [-0.05, 0) is 18.7 Å². The summed E-state index contributed by atoms with van der Waals surface area (Å²) in [5, 5.41) is 0. The van der Waals surface area contributed by atoms with Gasteiger partial charge in [0.1, 0.15) is 0 Å². The first kappa shape index (κ1) is 11.5. The fourth-order valence-corrected chi connectivity index (χ4v) is 1.37. The maximum absolute atomic E-state index is 11.7. The van der Waals surface area contributed by atoms with Gasteiger partial charge in [0.2, 0.25) is 0 Å². The van der Waals surface area contributed by atoms with Gasteiger partial charge in [-0.25, -0.2) is 0 Å². The quantitative estimate of drug-likeness (QED) is 0.741. The molecule has 0 saturated carbocycles. The molecule has 0 saturated heterocycles. The van der Waals surface area contributed by atoms with Crippen molar-refractivity contribution in [3.63, 3.8) is 0 Å². The lowest BCUT2D eigenvalue weighted by Crippen LogP contribution is -2.09. The van der Waals surface area contributed by atoms with Crippen molar-refractivity contribution in [2.45, 2.75) is 6.42 Å². The van der Waals surface area contributed by atoms with E-state index in [2.05, 4.69) is 0 Å². The highest BCUT2D eigenvalue weighted by Crippen LogP contribution is 2.31.